The standard InChI is InChI=1S/C17H22O4/c1-11(8-15(19)20)6-7-17(21)12(2)9-14(18)10-16(17,3)13-4-5-13/h6-9,13,21H,4-5,10H2,1-3H3,(H,19,20)/b7-6+,11-8-/t16-,17-/m1/s1. The summed E-state index contributed by atoms with van der Waals surface area (Å²) in [5, 5.41) is 19.9. The largest absolute Gasteiger partial charge is 0.478 e. The highest BCUT2D eigenvalue weighted by Gasteiger charge is 2.57. The first-order chi connectivity index (χ1) is 9.69. The molecule has 0 saturated heterocycles. The molecule has 0 bridgehead atoms. The van der Waals surface area contributed by atoms with Gasteiger partial charge in [0.05, 0.1) is 0 Å². The third-order valence-corrected chi connectivity index (χ3v) is 4.81. The van der Waals surface area contributed by atoms with Crippen molar-refractivity contribution in [2.45, 2.75) is 45.6 Å². The number of allylic oxidation sites excluding steroid dienone is 3. The van der Waals surface area contributed by atoms with Gasteiger partial charge in [-0.15, -0.1) is 0 Å². The van der Waals surface area contributed by atoms with Crippen molar-refractivity contribution < 1.29 is 19.8 Å². The average molecular weight is 290 g/mol. The van der Waals surface area contributed by atoms with Gasteiger partial charge in [-0.1, -0.05) is 13.0 Å². The third kappa shape index (κ3) is 2.86. The van der Waals surface area contributed by atoms with Crippen molar-refractivity contribution in [2.24, 2.45) is 11.3 Å². The molecule has 1 saturated carbocycles. The second kappa shape index (κ2) is 5.26. The SMILES string of the molecule is CC1=CC(=O)C[C@](C)(C2CC2)[C@@]1(O)/C=C/C(C)=C\C(=O)O. The van der Waals surface area contributed by atoms with Gasteiger partial charge in [0.15, 0.2) is 5.78 Å². The fraction of sp³-hybridized carbons (Fsp3) is 0.529. The summed E-state index contributed by atoms with van der Waals surface area (Å²) in [4.78, 5) is 22.6. The van der Waals surface area contributed by atoms with E-state index in [1.807, 2.05) is 6.92 Å². The number of carboxylic acids is 1. The summed E-state index contributed by atoms with van der Waals surface area (Å²) in [5.74, 6) is -0.624. The smallest absolute Gasteiger partial charge is 0.328 e. The van der Waals surface area contributed by atoms with Crippen LogP contribution in [0, 0.1) is 11.3 Å². The quantitative estimate of drug-likeness (QED) is 0.616. The normalized spacial score (nSPS) is 34.2. The molecule has 2 aliphatic rings. The molecule has 0 amide bonds. The van der Waals surface area contributed by atoms with E-state index < -0.39 is 17.0 Å². The van der Waals surface area contributed by atoms with Gasteiger partial charge in [-0.25, -0.2) is 4.79 Å². The van der Waals surface area contributed by atoms with Gasteiger partial charge in [0.1, 0.15) is 5.60 Å². The molecule has 0 aromatic rings. The van der Waals surface area contributed by atoms with Gasteiger partial charge in [-0.3, -0.25) is 4.79 Å². The zero-order chi connectivity index (χ0) is 15.8. The summed E-state index contributed by atoms with van der Waals surface area (Å²) in [6.07, 6.45) is 8.26. The molecule has 2 atom stereocenters. The van der Waals surface area contributed by atoms with Crippen LogP contribution >= 0.6 is 0 Å². The maximum absolute atomic E-state index is 11.9. The maximum atomic E-state index is 11.9. The summed E-state index contributed by atoms with van der Waals surface area (Å²) in [5.41, 5.74) is -0.523. The van der Waals surface area contributed by atoms with E-state index in [-0.39, 0.29) is 5.78 Å². The van der Waals surface area contributed by atoms with Crippen LogP contribution in [0.15, 0.2) is 35.5 Å². The highest BCUT2D eigenvalue weighted by Crippen LogP contribution is 2.57. The molecule has 2 rings (SSSR count). The van der Waals surface area contributed by atoms with E-state index in [1.54, 1.807) is 26.0 Å². The van der Waals surface area contributed by atoms with Crippen molar-refractivity contribution in [2.75, 3.05) is 0 Å². The molecule has 2 N–H and O–H groups in total. The minimum Gasteiger partial charge on any atom is -0.478 e. The van der Waals surface area contributed by atoms with Gasteiger partial charge in [0, 0.05) is 17.9 Å². The minimum absolute atomic E-state index is 0.0535. The number of aliphatic carboxylic acids is 1. The van der Waals surface area contributed by atoms with Crippen LogP contribution in [0.1, 0.15) is 40.0 Å². The van der Waals surface area contributed by atoms with E-state index in [0.29, 0.717) is 23.5 Å². The fourth-order valence-corrected chi connectivity index (χ4v) is 3.34. The summed E-state index contributed by atoms with van der Waals surface area (Å²) < 4.78 is 0. The maximum Gasteiger partial charge on any atom is 0.328 e. The van der Waals surface area contributed by atoms with Gasteiger partial charge in [-0.2, -0.15) is 0 Å². The number of hydrogen-bond donors (Lipinski definition) is 2. The van der Waals surface area contributed by atoms with E-state index in [0.717, 1.165) is 18.9 Å². The predicted molar refractivity (Wildman–Crippen MR) is 79.7 cm³/mol. The zero-order valence-electron chi connectivity index (χ0n) is 12.7. The molecule has 0 aromatic carbocycles. The van der Waals surface area contributed by atoms with Crippen molar-refractivity contribution in [1.82, 2.24) is 0 Å². The molecule has 21 heavy (non-hydrogen) atoms. The molecular formula is C17H22O4. The monoisotopic (exact) mass is 290 g/mol. The Labute approximate surface area is 124 Å². The lowest BCUT2D eigenvalue weighted by molar-refractivity contribution is -0.131. The number of ketones is 1. The van der Waals surface area contributed by atoms with Crippen LogP contribution in [0.3, 0.4) is 0 Å². The Morgan fingerprint density at radius 1 is 1.43 bits per heavy atom. The minimum atomic E-state index is -1.20. The topological polar surface area (TPSA) is 74.6 Å². The Morgan fingerprint density at radius 2 is 2.05 bits per heavy atom. The van der Waals surface area contributed by atoms with Crippen LogP contribution in [0.5, 0.6) is 0 Å². The molecule has 2 aliphatic carbocycles. The van der Waals surface area contributed by atoms with Crippen molar-refractivity contribution in [3.8, 4) is 0 Å². The molecule has 0 aliphatic heterocycles. The van der Waals surface area contributed by atoms with E-state index >= 15 is 0 Å². The van der Waals surface area contributed by atoms with Gasteiger partial charge in [-0.05, 0) is 55.9 Å². The van der Waals surface area contributed by atoms with Crippen molar-refractivity contribution in [3.63, 3.8) is 0 Å². The highest BCUT2D eigenvalue weighted by molar-refractivity contribution is 5.93. The number of aliphatic hydroxyl groups is 1. The Bertz CT molecular complexity index is 565. The summed E-state index contributed by atoms with van der Waals surface area (Å²) >= 11 is 0. The number of carbonyl (C=O) groups is 2. The fourth-order valence-electron chi connectivity index (χ4n) is 3.34. The first-order valence-corrected chi connectivity index (χ1v) is 7.23. The van der Waals surface area contributed by atoms with Crippen LogP contribution in [0.4, 0.5) is 0 Å². The van der Waals surface area contributed by atoms with E-state index in [1.165, 1.54) is 6.08 Å². The Hall–Kier alpha value is -1.68. The number of carboxylic acid groups (broad SMARTS) is 1. The second-order valence-electron chi connectivity index (χ2n) is 6.49. The number of hydrogen-bond acceptors (Lipinski definition) is 3. The van der Waals surface area contributed by atoms with Gasteiger partial charge in [0.2, 0.25) is 0 Å². The molecular weight excluding hydrogens is 268 g/mol. The van der Waals surface area contributed by atoms with Crippen LogP contribution in [-0.2, 0) is 9.59 Å². The molecule has 0 aromatic heterocycles. The lowest BCUT2D eigenvalue weighted by Crippen LogP contribution is -2.51. The van der Waals surface area contributed by atoms with Crippen molar-refractivity contribution in [1.29, 1.82) is 0 Å². The Balaban J connectivity index is 2.40. The zero-order valence-corrected chi connectivity index (χ0v) is 12.7. The van der Waals surface area contributed by atoms with Crippen LogP contribution in [-0.4, -0.2) is 27.6 Å². The Morgan fingerprint density at radius 3 is 2.57 bits per heavy atom. The van der Waals surface area contributed by atoms with Crippen LogP contribution < -0.4 is 0 Å². The molecule has 0 radical (unpaired) electrons. The first kappa shape index (κ1) is 15.7. The van der Waals surface area contributed by atoms with E-state index in [2.05, 4.69) is 0 Å². The van der Waals surface area contributed by atoms with E-state index in [4.69, 9.17) is 5.11 Å². The van der Waals surface area contributed by atoms with Crippen LogP contribution in [0.25, 0.3) is 0 Å². The molecule has 114 valence electrons. The Kier molecular flexibility index (Phi) is 3.93. The summed E-state index contributed by atoms with van der Waals surface area (Å²) in [6.45, 7) is 5.40. The van der Waals surface area contributed by atoms with E-state index in [9.17, 15) is 14.7 Å². The van der Waals surface area contributed by atoms with Crippen molar-refractivity contribution >= 4 is 11.8 Å². The molecule has 4 nitrogen and oxygen atoms in total. The van der Waals surface area contributed by atoms with Gasteiger partial charge in [0.25, 0.3) is 0 Å². The summed E-state index contributed by atoms with van der Waals surface area (Å²) in [6, 6.07) is 0. The molecule has 0 spiro atoms. The third-order valence-electron chi connectivity index (χ3n) is 4.81. The number of carbonyl (C=O) groups excluding carboxylic acids is 1. The average Bonchev–Trinajstić information content (AvgIpc) is 3.17. The van der Waals surface area contributed by atoms with Gasteiger partial charge >= 0.3 is 5.97 Å². The summed E-state index contributed by atoms with van der Waals surface area (Å²) in [7, 11) is 0. The molecule has 1 fully saturated rings. The van der Waals surface area contributed by atoms with Crippen LogP contribution in [0.2, 0.25) is 0 Å². The van der Waals surface area contributed by atoms with Crippen molar-refractivity contribution in [3.05, 3.63) is 35.5 Å². The number of rotatable bonds is 4. The predicted octanol–water partition coefficient (Wildman–Crippen LogP) is 2.64. The lowest BCUT2D eigenvalue weighted by atomic mass is 9.60. The molecule has 0 unspecified atom stereocenters. The molecule has 4 heteroatoms. The molecule has 0 heterocycles. The highest BCUT2D eigenvalue weighted by atomic mass is 16.4. The lowest BCUT2D eigenvalue weighted by Gasteiger charge is -2.47. The van der Waals surface area contributed by atoms with Gasteiger partial charge < -0.3 is 10.2 Å². The first-order valence-electron chi connectivity index (χ1n) is 7.23. The second-order valence-corrected chi connectivity index (χ2v) is 6.49.